The highest BCUT2D eigenvalue weighted by Gasteiger charge is 2.22. The van der Waals surface area contributed by atoms with Crippen molar-refractivity contribution in [3.63, 3.8) is 0 Å². The summed E-state index contributed by atoms with van der Waals surface area (Å²) >= 11 is 5.63. The number of fused-ring (bicyclic) bond motifs is 1. The molecule has 0 saturated heterocycles. The van der Waals surface area contributed by atoms with Crippen LogP contribution in [0, 0.1) is 5.82 Å². The molecule has 0 amide bonds. The van der Waals surface area contributed by atoms with Gasteiger partial charge in [-0.3, -0.25) is 0 Å². The molecule has 0 radical (unpaired) electrons. The van der Waals surface area contributed by atoms with Gasteiger partial charge in [0.1, 0.15) is 11.9 Å². The Bertz CT molecular complexity index is 583. The molecule has 1 aromatic carbocycles. The van der Waals surface area contributed by atoms with Crippen LogP contribution in [0.4, 0.5) is 10.2 Å². The van der Waals surface area contributed by atoms with Crippen LogP contribution in [-0.4, -0.2) is 22.6 Å². The Morgan fingerprint density at radius 1 is 1.42 bits per heavy atom. The van der Waals surface area contributed by atoms with E-state index in [1.807, 2.05) is 24.3 Å². The van der Waals surface area contributed by atoms with Crippen LogP contribution in [0.2, 0.25) is 5.28 Å². The zero-order valence-corrected chi connectivity index (χ0v) is 10.7. The van der Waals surface area contributed by atoms with Gasteiger partial charge >= 0.3 is 0 Å². The normalized spacial score (nSPS) is 16.8. The Morgan fingerprint density at radius 3 is 3.11 bits per heavy atom. The average Bonchev–Trinajstić information content (AvgIpc) is 2.82. The van der Waals surface area contributed by atoms with E-state index in [1.165, 1.54) is 0 Å². The van der Waals surface area contributed by atoms with Gasteiger partial charge in [-0.05, 0) is 23.2 Å². The van der Waals surface area contributed by atoms with Gasteiger partial charge in [0.25, 0.3) is 0 Å². The first-order valence-corrected chi connectivity index (χ1v) is 6.26. The number of aromatic nitrogens is 2. The fourth-order valence-electron chi connectivity index (χ4n) is 2.05. The number of para-hydroxylation sites is 1. The number of hydrogen-bond acceptors (Lipinski definition) is 4. The third kappa shape index (κ3) is 2.61. The van der Waals surface area contributed by atoms with Crippen LogP contribution in [0.5, 0.6) is 5.75 Å². The van der Waals surface area contributed by atoms with Crippen molar-refractivity contribution in [1.82, 2.24) is 9.97 Å². The molecule has 1 N–H and O–H groups in total. The van der Waals surface area contributed by atoms with Gasteiger partial charge in [0.2, 0.25) is 5.28 Å². The lowest BCUT2D eigenvalue weighted by Gasteiger charge is -2.12. The van der Waals surface area contributed by atoms with Crippen LogP contribution in [0.25, 0.3) is 0 Å². The lowest BCUT2D eigenvalue weighted by atomic mass is 10.1. The predicted molar refractivity (Wildman–Crippen MR) is 70.1 cm³/mol. The van der Waals surface area contributed by atoms with Gasteiger partial charge in [0.05, 0.1) is 12.7 Å². The highest BCUT2D eigenvalue weighted by molar-refractivity contribution is 6.28. The van der Waals surface area contributed by atoms with Gasteiger partial charge in [-0.1, -0.05) is 18.2 Å². The number of nitrogens with one attached hydrogen (secondary N) is 1. The molecule has 98 valence electrons. The van der Waals surface area contributed by atoms with Crippen molar-refractivity contribution in [2.24, 2.45) is 0 Å². The van der Waals surface area contributed by atoms with Gasteiger partial charge in [0.15, 0.2) is 11.6 Å². The minimum Gasteiger partial charge on any atom is -0.488 e. The number of anilines is 1. The molecule has 1 aromatic heterocycles. The minimum absolute atomic E-state index is 0.0135. The van der Waals surface area contributed by atoms with E-state index in [2.05, 4.69) is 15.3 Å². The molecule has 2 heterocycles. The van der Waals surface area contributed by atoms with Gasteiger partial charge in [-0.25, -0.2) is 9.37 Å². The maximum Gasteiger partial charge on any atom is 0.224 e. The van der Waals surface area contributed by atoms with Gasteiger partial charge in [-0.15, -0.1) is 0 Å². The predicted octanol–water partition coefficient (Wildman–Crippen LogP) is 2.68. The number of hydrogen-bond donors (Lipinski definition) is 1. The van der Waals surface area contributed by atoms with Crippen molar-refractivity contribution in [2.75, 3.05) is 11.9 Å². The molecule has 3 rings (SSSR count). The Hall–Kier alpha value is -1.88. The zero-order chi connectivity index (χ0) is 13.2. The largest absolute Gasteiger partial charge is 0.488 e. The third-order valence-electron chi connectivity index (χ3n) is 2.93. The van der Waals surface area contributed by atoms with E-state index in [1.54, 1.807) is 0 Å². The molecule has 0 bridgehead atoms. The first-order valence-electron chi connectivity index (χ1n) is 5.89. The molecule has 0 saturated carbocycles. The summed E-state index contributed by atoms with van der Waals surface area (Å²) in [6.45, 7) is 0.457. The lowest BCUT2D eigenvalue weighted by Crippen LogP contribution is -2.24. The lowest BCUT2D eigenvalue weighted by molar-refractivity contribution is 0.246. The van der Waals surface area contributed by atoms with Crippen molar-refractivity contribution < 1.29 is 9.13 Å². The molecule has 2 aromatic rings. The van der Waals surface area contributed by atoms with Crippen LogP contribution in [0.1, 0.15) is 5.56 Å². The highest BCUT2D eigenvalue weighted by Crippen LogP contribution is 2.28. The van der Waals surface area contributed by atoms with Gasteiger partial charge in [-0.2, -0.15) is 4.98 Å². The molecular formula is C13H11ClFN3O. The summed E-state index contributed by atoms with van der Waals surface area (Å²) in [6.07, 6.45) is 1.80. The summed E-state index contributed by atoms with van der Waals surface area (Å²) in [5, 5.41) is 2.91. The second-order valence-electron chi connectivity index (χ2n) is 4.27. The van der Waals surface area contributed by atoms with Crippen molar-refractivity contribution >= 4 is 17.4 Å². The van der Waals surface area contributed by atoms with E-state index >= 15 is 0 Å². The molecule has 4 nitrogen and oxygen atoms in total. The molecule has 1 aliphatic rings. The highest BCUT2D eigenvalue weighted by atomic mass is 35.5. The van der Waals surface area contributed by atoms with Crippen molar-refractivity contribution in [3.8, 4) is 5.75 Å². The summed E-state index contributed by atoms with van der Waals surface area (Å²) in [4.78, 5) is 7.36. The number of rotatable bonds is 3. The van der Waals surface area contributed by atoms with E-state index in [9.17, 15) is 4.39 Å². The summed E-state index contributed by atoms with van der Waals surface area (Å²) in [5.74, 6) is 0.454. The fourth-order valence-corrected chi connectivity index (χ4v) is 2.18. The van der Waals surface area contributed by atoms with E-state index < -0.39 is 5.82 Å². The summed E-state index contributed by atoms with van der Waals surface area (Å²) in [6, 6.07) is 7.86. The monoisotopic (exact) mass is 279 g/mol. The first-order chi connectivity index (χ1) is 9.22. The van der Waals surface area contributed by atoms with Crippen LogP contribution >= 0.6 is 11.6 Å². The zero-order valence-electron chi connectivity index (χ0n) is 9.94. The third-order valence-corrected chi connectivity index (χ3v) is 3.11. The number of ether oxygens (including phenoxy) is 1. The van der Waals surface area contributed by atoms with Crippen LogP contribution < -0.4 is 10.1 Å². The quantitative estimate of drug-likeness (QED) is 0.878. The number of nitrogens with zero attached hydrogens (tertiary/aromatic N) is 2. The maximum absolute atomic E-state index is 13.4. The molecule has 1 aliphatic heterocycles. The van der Waals surface area contributed by atoms with Gasteiger partial charge < -0.3 is 10.1 Å². The van der Waals surface area contributed by atoms with Gasteiger partial charge in [0, 0.05) is 6.42 Å². The average molecular weight is 280 g/mol. The molecule has 1 unspecified atom stereocenters. The molecule has 0 fully saturated rings. The van der Waals surface area contributed by atoms with Crippen molar-refractivity contribution in [1.29, 1.82) is 0 Å². The van der Waals surface area contributed by atoms with Crippen LogP contribution in [0.3, 0.4) is 0 Å². The van der Waals surface area contributed by atoms with Crippen LogP contribution in [-0.2, 0) is 6.42 Å². The topological polar surface area (TPSA) is 47.0 Å². The maximum atomic E-state index is 13.4. The molecule has 0 aliphatic carbocycles. The first kappa shape index (κ1) is 12.2. The molecule has 6 heteroatoms. The fraction of sp³-hybridized carbons (Fsp3) is 0.231. The SMILES string of the molecule is Fc1cnc(Cl)nc1NCC1Cc2ccccc2O1. The Labute approximate surface area is 114 Å². The summed E-state index contributed by atoms with van der Waals surface area (Å²) in [5.41, 5.74) is 1.16. The summed E-state index contributed by atoms with van der Waals surface area (Å²) < 4.78 is 19.2. The van der Waals surface area contributed by atoms with E-state index in [-0.39, 0.29) is 17.2 Å². The van der Waals surface area contributed by atoms with Crippen molar-refractivity contribution in [3.05, 3.63) is 47.1 Å². The molecular weight excluding hydrogens is 269 g/mol. The second kappa shape index (κ2) is 5.01. The summed E-state index contributed by atoms with van der Waals surface area (Å²) in [7, 11) is 0. The van der Waals surface area contributed by atoms with E-state index in [4.69, 9.17) is 16.3 Å². The van der Waals surface area contributed by atoms with E-state index in [0.717, 1.165) is 23.9 Å². The van der Waals surface area contributed by atoms with E-state index in [0.29, 0.717) is 6.54 Å². The van der Waals surface area contributed by atoms with Crippen molar-refractivity contribution in [2.45, 2.75) is 12.5 Å². The Balaban J connectivity index is 1.64. The smallest absolute Gasteiger partial charge is 0.224 e. The molecule has 0 spiro atoms. The van der Waals surface area contributed by atoms with Crippen LogP contribution in [0.15, 0.2) is 30.5 Å². The minimum atomic E-state index is -0.528. The number of benzene rings is 1. The Kier molecular flexibility index (Phi) is 3.21. The molecule has 19 heavy (non-hydrogen) atoms. The number of halogens is 2. The Morgan fingerprint density at radius 2 is 2.26 bits per heavy atom. The standard InChI is InChI=1S/C13H11ClFN3O/c14-13-17-7-10(15)12(18-13)16-6-9-5-8-3-1-2-4-11(8)19-9/h1-4,7,9H,5-6H2,(H,16,17,18). The molecule has 1 atom stereocenters. The second-order valence-corrected chi connectivity index (χ2v) is 4.61.